The highest BCUT2D eigenvalue weighted by atomic mass is 16.2. The number of fused-ring (bicyclic) bond motifs is 1. The lowest BCUT2D eigenvalue weighted by atomic mass is 9.90. The maximum absolute atomic E-state index is 13.6. The zero-order valence-corrected chi connectivity index (χ0v) is 18.3. The molecule has 0 radical (unpaired) electrons. The summed E-state index contributed by atoms with van der Waals surface area (Å²) in [6.45, 7) is 1.88. The molecule has 1 saturated heterocycles. The number of nitrogens with two attached hydrogens (primary N) is 2. The fraction of sp³-hybridized carbons (Fsp3) is 0.200. The van der Waals surface area contributed by atoms with E-state index in [0.717, 1.165) is 21.9 Å². The molecule has 0 spiro atoms. The minimum absolute atomic E-state index is 0.0310. The van der Waals surface area contributed by atoms with Crippen molar-refractivity contribution < 1.29 is 14.4 Å². The smallest absolute Gasteiger partial charge is 0.328 e. The van der Waals surface area contributed by atoms with Crippen LogP contribution in [0.15, 0.2) is 71.8 Å². The van der Waals surface area contributed by atoms with E-state index >= 15 is 0 Å². The molecule has 4 amide bonds. The van der Waals surface area contributed by atoms with Crippen LogP contribution in [0.25, 0.3) is 10.8 Å². The van der Waals surface area contributed by atoms with Crippen LogP contribution in [0.2, 0.25) is 0 Å². The molecule has 0 aliphatic carbocycles. The van der Waals surface area contributed by atoms with Gasteiger partial charge >= 0.3 is 6.03 Å². The van der Waals surface area contributed by atoms with Crippen LogP contribution in [-0.2, 0) is 21.7 Å². The van der Waals surface area contributed by atoms with Crippen LogP contribution in [0.4, 0.5) is 4.79 Å². The van der Waals surface area contributed by atoms with Gasteiger partial charge in [0, 0.05) is 13.0 Å². The molecule has 4 N–H and O–H groups in total. The Bertz CT molecular complexity index is 1260. The van der Waals surface area contributed by atoms with Gasteiger partial charge in [-0.05, 0) is 46.5 Å². The van der Waals surface area contributed by atoms with Crippen molar-refractivity contribution in [1.82, 2.24) is 9.80 Å². The molecule has 0 saturated carbocycles. The number of rotatable bonds is 7. The number of amides is 4. The van der Waals surface area contributed by atoms with Crippen molar-refractivity contribution in [3.8, 4) is 0 Å². The molecular weight excluding hydrogens is 418 g/mol. The average molecular weight is 444 g/mol. The molecule has 4 rings (SSSR count). The molecule has 0 aromatic heterocycles. The first-order chi connectivity index (χ1) is 15.8. The van der Waals surface area contributed by atoms with Crippen LogP contribution in [0, 0.1) is 0 Å². The van der Waals surface area contributed by atoms with Gasteiger partial charge in [-0.3, -0.25) is 14.5 Å². The lowest BCUT2D eigenvalue weighted by Crippen LogP contribution is -2.45. The second kappa shape index (κ2) is 8.74. The van der Waals surface area contributed by atoms with E-state index in [9.17, 15) is 14.4 Å². The van der Waals surface area contributed by atoms with Gasteiger partial charge in [0.1, 0.15) is 5.54 Å². The zero-order valence-electron chi connectivity index (χ0n) is 18.3. The first-order valence-corrected chi connectivity index (χ1v) is 10.6. The Morgan fingerprint density at radius 3 is 2.45 bits per heavy atom. The predicted octanol–water partition coefficient (Wildman–Crippen LogP) is 2.69. The second-order valence-corrected chi connectivity index (χ2v) is 8.20. The van der Waals surface area contributed by atoms with Gasteiger partial charge in [-0.25, -0.2) is 4.79 Å². The van der Waals surface area contributed by atoms with Crippen molar-refractivity contribution >= 4 is 34.8 Å². The number of hydrazone groups is 1. The number of carbonyl (C=O) groups excluding carboxylic acids is 3. The quantitative estimate of drug-likeness (QED) is 0.252. The number of primary amides is 1. The molecule has 8 nitrogen and oxygen atoms in total. The number of benzene rings is 3. The molecule has 8 heteroatoms. The summed E-state index contributed by atoms with van der Waals surface area (Å²) in [5.41, 5.74) is 6.44. The van der Waals surface area contributed by atoms with E-state index in [1.54, 1.807) is 13.1 Å². The summed E-state index contributed by atoms with van der Waals surface area (Å²) < 4.78 is 0. The van der Waals surface area contributed by atoms with Crippen LogP contribution in [0.5, 0.6) is 0 Å². The van der Waals surface area contributed by atoms with E-state index in [0.29, 0.717) is 5.56 Å². The average Bonchev–Trinajstić information content (AvgIpc) is 2.99. The summed E-state index contributed by atoms with van der Waals surface area (Å²) in [5.74, 6) is 4.39. The van der Waals surface area contributed by atoms with Gasteiger partial charge in [-0.2, -0.15) is 5.10 Å². The molecule has 0 bridgehead atoms. The first-order valence-electron chi connectivity index (χ1n) is 10.6. The third-order valence-electron chi connectivity index (χ3n) is 6.07. The third-order valence-corrected chi connectivity index (χ3v) is 6.07. The number of nitrogens with zero attached hydrogens (tertiary/aromatic N) is 3. The van der Waals surface area contributed by atoms with E-state index < -0.39 is 17.5 Å². The fourth-order valence-corrected chi connectivity index (χ4v) is 4.29. The minimum atomic E-state index is -1.23. The Hall–Kier alpha value is -4.20. The van der Waals surface area contributed by atoms with Crippen molar-refractivity contribution in [2.45, 2.75) is 25.4 Å². The van der Waals surface area contributed by atoms with Crippen molar-refractivity contribution in [2.75, 3.05) is 6.54 Å². The van der Waals surface area contributed by atoms with E-state index in [-0.39, 0.29) is 25.4 Å². The van der Waals surface area contributed by atoms with Gasteiger partial charge in [0.05, 0.1) is 12.8 Å². The molecule has 1 atom stereocenters. The van der Waals surface area contributed by atoms with Crippen LogP contribution < -0.4 is 11.6 Å². The number of carbonyl (C=O) groups is 3. The van der Waals surface area contributed by atoms with Gasteiger partial charge in [-0.15, -0.1) is 0 Å². The van der Waals surface area contributed by atoms with Gasteiger partial charge < -0.3 is 16.5 Å². The highest BCUT2D eigenvalue weighted by Gasteiger charge is 2.54. The minimum Gasteiger partial charge on any atom is -0.370 e. The van der Waals surface area contributed by atoms with E-state index in [1.807, 2.05) is 66.7 Å². The molecular formula is C25H25N5O3. The first kappa shape index (κ1) is 22.0. The fourth-order valence-electron chi connectivity index (χ4n) is 4.29. The maximum Gasteiger partial charge on any atom is 0.328 e. The van der Waals surface area contributed by atoms with Gasteiger partial charge in [-0.1, -0.05) is 54.6 Å². The summed E-state index contributed by atoms with van der Waals surface area (Å²) in [4.78, 5) is 41.1. The molecule has 3 aromatic carbocycles. The molecule has 3 aromatic rings. The van der Waals surface area contributed by atoms with Crippen molar-refractivity contribution in [2.24, 2.45) is 16.7 Å². The Labute approximate surface area is 191 Å². The third kappa shape index (κ3) is 4.03. The van der Waals surface area contributed by atoms with Crippen LogP contribution in [0.3, 0.4) is 0 Å². The summed E-state index contributed by atoms with van der Waals surface area (Å²) in [6.07, 6.45) is 1.53. The Morgan fingerprint density at radius 1 is 1.03 bits per heavy atom. The van der Waals surface area contributed by atoms with Gasteiger partial charge in [0.2, 0.25) is 5.91 Å². The summed E-state index contributed by atoms with van der Waals surface area (Å²) in [7, 11) is 0. The van der Waals surface area contributed by atoms with E-state index in [4.69, 9.17) is 11.6 Å². The topological polar surface area (TPSA) is 122 Å². The SMILES string of the molecule is CC1(c2ccccc2)C(=O)N(Cc2ccc3ccc(C=NN)cc3c2)C(=O)N1CCC(N)=O. The maximum atomic E-state index is 13.6. The second-order valence-electron chi connectivity index (χ2n) is 8.20. The number of urea groups is 1. The summed E-state index contributed by atoms with van der Waals surface area (Å²) in [6, 6.07) is 20.2. The van der Waals surface area contributed by atoms with Crippen molar-refractivity contribution in [1.29, 1.82) is 0 Å². The molecule has 168 valence electrons. The Kier molecular flexibility index (Phi) is 5.83. The van der Waals surface area contributed by atoms with Crippen LogP contribution in [0.1, 0.15) is 30.0 Å². The van der Waals surface area contributed by atoms with Gasteiger partial charge in [0.15, 0.2) is 0 Å². The van der Waals surface area contributed by atoms with Gasteiger partial charge in [0.25, 0.3) is 5.91 Å². The summed E-state index contributed by atoms with van der Waals surface area (Å²) in [5, 5.41) is 5.52. The predicted molar refractivity (Wildman–Crippen MR) is 126 cm³/mol. The Morgan fingerprint density at radius 2 is 1.76 bits per heavy atom. The molecule has 1 heterocycles. The highest BCUT2D eigenvalue weighted by molar-refractivity contribution is 6.07. The van der Waals surface area contributed by atoms with E-state index in [1.165, 1.54) is 9.80 Å². The molecule has 33 heavy (non-hydrogen) atoms. The van der Waals surface area contributed by atoms with E-state index in [2.05, 4.69) is 5.10 Å². The monoisotopic (exact) mass is 443 g/mol. The molecule has 1 unspecified atom stereocenters. The molecule has 1 fully saturated rings. The lowest BCUT2D eigenvalue weighted by Gasteiger charge is -2.31. The largest absolute Gasteiger partial charge is 0.370 e. The standard InChI is InChI=1S/C25H25N5O3/c1-25(21-5-3-2-4-6-21)23(32)29(24(33)30(25)12-11-22(26)31)16-18-8-10-19-9-7-17(15-28-27)13-20(19)14-18/h2-10,13-15H,11-12,16,27H2,1H3,(H2,26,31). The van der Waals surface area contributed by atoms with Crippen LogP contribution >= 0.6 is 0 Å². The molecule has 1 aliphatic rings. The van der Waals surface area contributed by atoms with Crippen molar-refractivity contribution in [3.63, 3.8) is 0 Å². The van der Waals surface area contributed by atoms with Crippen LogP contribution in [-0.4, -0.2) is 40.4 Å². The zero-order chi connectivity index (χ0) is 23.6. The Balaban J connectivity index is 1.69. The van der Waals surface area contributed by atoms with Crippen molar-refractivity contribution in [3.05, 3.63) is 83.4 Å². The number of hydrogen-bond donors (Lipinski definition) is 2. The highest BCUT2D eigenvalue weighted by Crippen LogP contribution is 2.38. The number of hydrogen-bond acceptors (Lipinski definition) is 5. The lowest BCUT2D eigenvalue weighted by molar-refractivity contribution is -0.133. The normalized spacial score (nSPS) is 18.6. The summed E-state index contributed by atoms with van der Waals surface area (Å²) >= 11 is 0. The molecule has 1 aliphatic heterocycles. The number of imide groups is 1.